The molecule has 0 radical (unpaired) electrons. The first kappa shape index (κ1) is 17.2. The zero-order chi connectivity index (χ0) is 18.1. The summed E-state index contributed by atoms with van der Waals surface area (Å²) in [5.41, 5.74) is 3.61. The predicted molar refractivity (Wildman–Crippen MR) is 97.5 cm³/mol. The molecule has 0 unspecified atom stereocenters. The van der Waals surface area contributed by atoms with Crippen LogP contribution in [0.3, 0.4) is 0 Å². The average molecular weight is 354 g/mol. The maximum Gasteiger partial charge on any atom is 0.243 e. The van der Waals surface area contributed by atoms with E-state index in [0.717, 1.165) is 37.3 Å². The highest BCUT2D eigenvalue weighted by Crippen LogP contribution is 2.37. The molecule has 1 aromatic carbocycles. The Morgan fingerprint density at radius 1 is 1.15 bits per heavy atom. The van der Waals surface area contributed by atoms with Gasteiger partial charge in [0.15, 0.2) is 0 Å². The van der Waals surface area contributed by atoms with Gasteiger partial charge >= 0.3 is 0 Å². The Bertz CT molecular complexity index is 770. The van der Waals surface area contributed by atoms with Crippen LogP contribution in [0.5, 0.6) is 0 Å². The van der Waals surface area contributed by atoms with Crippen LogP contribution in [0, 0.1) is 6.92 Å². The minimum absolute atomic E-state index is 0.179. The van der Waals surface area contributed by atoms with Gasteiger partial charge in [-0.05, 0) is 44.0 Å². The molecule has 2 aliphatic rings. The van der Waals surface area contributed by atoms with E-state index >= 15 is 0 Å². The van der Waals surface area contributed by atoms with Gasteiger partial charge in [-0.2, -0.15) is 0 Å². The summed E-state index contributed by atoms with van der Waals surface area (Å²) in [6, 6.07) is 8.48. The van der Waals surface area contributed by atoms with E-state index in [1.165, 1.54) is 30.4 Å². The third-order valence-corrected chi connectivity index (χ3v) is 5.92. The van der Waals surface area contributed by atoms with E-state index in [0.29, 0.717) is 6.54 Å². The van der Waals surface area contributed by atoms with Gasteiger partial charge in [0.2, 0.25) is 5.91 Å². The molecule has 2 aromatic rings. The number of hydrogen-bond acceptors (Lipinski definition) is 5. The number of carbonyl (C=O) groups excluding carboxylic acids is 1. The summed E-state index contributed by atoms with van der Waals surface area (Å²) in [4.78, 5) is 17.9. The van der Waals surface area contributed by atoms with E-state index in [2.05, 4.69) is 39.5 Å². The van der Waals surface area contributed by atoms with Crippen LogP contribution in [-0.4, -0.2) is 51.7 Å². The van der Waals surface area contributed by atoms with Gasteiger partial charge in [-0.25, -0.2) is 4.63 Å². The van der Waals surface area contributed by atoms with E-state index in [4.69, 9.17) is 4.63 Å². The molecule has 138 valence electrons. The molecule has 1 saturated heterocycles. The smallest absolute Gasteiger partial charge is 0.243 e. The molecule has 0 N–H and O–H groups in total. The van der Waals surface area contributed by atoms with Crippen LogP contribution in [0.1, 0.15) is 41.8 Å². The van der Waals surface area contributed by atoms with Gasteiger partial charge < -0.3 is 4.90 Å². The van der Waals surface area contributed by atoms with Crippen molar-refractivity contribution in [3.8, 4) is 0 Å². The van der Waals surface area contributed by atoms with Crippen molar-refractivity contribution in [2.24, 2.45) is 0 Å². The highest BCUT2D eigenvalue weighted by molar-refractivity contribution is 5.88. The second-order valence-corrected chi connectivity index (χ2v) is 7.66. The van der Waals surface area contributed by atoms with Gasteiger partial charge in [-0.15, -0.1) is 0 Å². The van der Waals surface area contributed by atoms with Crippen LogP contribution < -0.4 is 0 Å². The van der Waals surface area contributed by atoms with Crippen molar-refractivity contribution >= 4 is 5.91 Å². The van der Waals surface area contributed by atoms with Crippen LogP contribution in [0.15, 0.2) is 28.9 Å². The summed E-state index contributed by atoms with van der Waals surface area (Å²) >= 11 is 0. The van der Waals surface area contributed by atoms with E-state index in [1.807, 2.05) is 14.0 Å². The fourth-order valence-corrected chi connectivity index (χ4v) is 4.47. The fourth-order valence-electron chi connectivity index (χ4n) is 4.47. The molecule has 6 heteroatoms. The number of nitrogens with zero attached hydrogens (tertiary/aromatic N) is 4. The molecule has 4 rings (SSSR count). The number of likely N-dealkylation sites (N-methyl/N-ethyl adjacent to an activating group) is 1. The summed E-state index contributed by atoms with van der Waals surface area (Å²) in [7, 11) is 1.87. The number of rotatable bonds is 4. The van der Waals surface area contributed by atoms with Crippen LogP contribution >= 0.6 is 0 Å². The fraction of sp³-hybridized carbons (Fsp3) is 0.550. The minimum Gasteiger partial charge on any atom is -0.338 e. The quantitative estimate of drug-likeness (QED) is 0.843. The lowest BCUT2D eigenvalue weighted by molar-refractivity contribution is -0.144. The van der Waals surface area contributed by atoms with Crippen molar-refractivity contribution in [3.63, 3.8) is 0 Å². The number of fused-ring (bicyclic) bond motifs is 1. The molecule has 2 heterocycles. The highest BCUT2D eigenvalue weighted by atomic mass is 16.6. The summed E-state index contributed by atoms with van der Waals surface area (Å²) in [5.74, 6) is 0.179. The molecule has 1 aromatic heterocycles. The monoisotopic (exact) mass is 354 g/mol. The summed E-state index contributed by atoms with van der Waals surface area (Å²) in [6.45, 7) is 4.28. The van der Waals surface area contributed by atoms with Crippen LogP contribution in [0.2, 0.25) is 0 Å². The van der Waals surface area contributed by atoms with Crippen molar-refractivity contribution < 1.29 is 9.42 Å². The van der Waals surface area contributed by atoms with Gasteiger partial charge in [0.1, 0.15) is 16.9 Å². The van der Waals surface area contributed by atoms with Gasteiger partial charge in [-0.1, -0.05) is 41.0 Å². The van der Waals surface area contributed by atoms with Crippen LogP contribution in [-0.2, 0) is 24.2 Å². The number of likely N-dealkylation sites (tertiary alicyclic amines) is 1. The molecule has 0 saturated carbocycles. The predicted octanol–water partition coefficient (Wildman–Crippen LogP) is 2.36. The number of benzene rings is 1. The molecule has 0 atom stereocenters. The zero-order valence-electron chi connectivity index (χ0n) is 15.6. The SMILES string of the molecule is Cc1nonc1CN(C)C(=O)C1(N2CCCCC2)Cc2ccccc2C1. The summed E-state index contributed by atoms with van der Waals surface area (Å²) in [6.07, 6.45) is 5.18. The number of aromatic nitrogens is 2. The van der Waals surface area contributed by atoms with Crippen molar-refractivity contribution in [3.05, 3.63) is 46.8 Å². The largest absolute Gasteiger partial charge is 0.338 e. The van der Waals surface area contributed by atoms with Crippen molar-refractivity contribution in [2.45, 2.75) is 51.1 Å². The zero-order valence-corrected chi connectivity index (χ0v) is 15.6. The van der Waals surface area contributed by atoms with Crippen LogP contribution in [0.25, 0.3) is 0 Å². The first-order valence-electron chi connectivity index (χ1n) is 9.45. The molecule has 1 amide bonds. The molecule has 1 aliphatic heterocycles. The third kappa shape index (κ3) is 2.92. The van der Waals surface area contributed by atoms with Crippen molar-refractivity contribution in [2.75, 3.05) is 20.1 Å². The molecule has 1 fully saturated rings. The molecule has 0 bridgehead atoms. The Kier molecular flexibility index (Phi) is 4.53. The third-order valence-electron chi connectivity index (χ3n) is 5.92. The topological polar surface area (TPSA) is 62.5 Å². The van der Waals surface area contributed by atoms with Gasteiger partial charge in [0.25, 0.3) is 0 Å². The van der Waals surface area contributed by atoms with Gasteiger partial charge in [0.05, 0.1) is 6.54 Å². The first-order chi connectivity index (χ1) is 12.6. The number of amides is 1. The number of piperidine rings is 1. The Balaban J connectivity index is 1.63. The van der Waals surface area contributed by atoms with E-state index < -0.39 is 5.54 Å². The number of hydrogen-bond donors (Lipinski definition) is 0. The normalized spacial score (nSPS) is 19.3. The average Bonchev–Trinajstić information content (AvgIpc) is 3.26. The standard InChI is InChI=1S/C20H26N4O2/c1-15-18(22-26-21-15)14-23(2)19(25)20(24-10-6-3-7-11-24)12-16-8-4-5-9-17(16)13-20/h4-5,8-9H,3,6-7,10-14H2,1-2H3. The van der Waals surface area contributed by atoms with Gasteiger partial charge in [-0.3, -0.25) is 9.69 Å². The lowest BCUT2D eigenvalue weighted by Crippen LogP contribution is -2.61. The maximum atomic E-state index is 13.7. The lowest BCUT2D eigenvalue weighted by Gasteiger charge is -2.44. The van der Waals surface area contributed by atoms with E-state index in [-0.39, 0.29) is 5.91 Å². The maximum absolute atomic E-state index is 13.7. The molecule has 1 aliphatic carbocycles. The van der Waals surface area contributed by atoms with E-state index in [1.54, 1.807) is 4.90 Å². The lowest BCUT2D eigenvalue weighted by atomic mass is 9.89. The second-order valence-electron chi connectivity index (χ2n) is 7.66. The minimum atomic E-state index is -0.468. The number of carbonyl (C=O) groups is 1. The Labute approximate surface area is 154 Å². The molecule has 26 heavy (non-hydrogen) atoms. The molecule has 0 spiro atoms. The summed E-state index contributed by atoms with van der Waals surface area (Å²) in [5, 5.41) is 7.78. The van der Waals surface area contributed by atoms with Crippen molar-refractivity contribution in [1.82, 2.24) is 20.1 Å². The molecule has 6 nitrogen and oxygen atoms in total. The highest BCUT2D eigenvalue weighted by Gasteiger charge is 2.49. The molecular formula is C20H26N4O2. The van der Waals surface area contributed by atoms with E-state index in [9.17, 15) is 4.79 Å². The van der Waals surface area contributed by atoms with Crippen molar-refractivity contribution in [1.29, 1.82) is 0 Å². The first-order valence-corrected chi connectivity index (χ1v) is 9.45. The Hall–Kier alpha value is -2.21. The van der Waals surface area contributed by atoms with Crippen LogP contribution in [0.4, 0.5) is 0 Å². The molecular weight excluding hydrogens is 328 g/mol. The second kappa shape index (κ2) is 6.83. The summed E-state index contributed by atoms with van der Waals surface area (Å²) < 4.78 is 4.80. The number of aryl methyl sites for hydroxylation is 1. The Morgan fingerprint density at radius 3 is 2.38 bits per heavy atom. The van der Waals surface area contributed by atoms with Gasteiger partial charge in [0, 0.05) is 19.9 Å². The Morgan fingerprint density at radius 2 is 1.81 bits per heavy atom.